The summed E-state index contributed by atoms with van der Waals surface area (Å²) in [7, 11) is 0. The fraction of sp³-hybridized carbons (Fsp3) is 0.900. The number of carbonyl (C=O) groups excluding carboxylic acids is 1. The average molecular weight is 253 g/mol. The predicted molar refractivity (Wildman–Crippen MR) is 68.6 cm³/mol. The Balaban J connectivity index is 0.00000196. The van der Waals surface area contributed by atoms with Crippen LogP contribution >= 0.6 is 24.2 Å². The lowest BCUT2D eigenvalue weighted by Crippen LogP contribution is -2.42. The van der Waals surface area contributed by atoms with Crippen LogP contribution in [0, 0.1) is 5.41 Å². The van der Waals surface area contributed by atoms with Crippen LogP contribution in [0.3, 0.4) is 0 Å². The van der Waals surface area contributed by atoms with Crippen molar-refractivity contribution in [3.05, 3.63) is 0 Å². The van der Waals surface area contributed by atoms with Crippen LogP contribution in [-0.2, 0) is 4.79 Å². The highest BCUT2D eigenvalue weighted by molar-refractivity contribution is 7.99. The number of amides is 1. The largest absolute Gasteiger partial charge is 0.355 e. The molecule has 1 rings (SSSR count). The zero-order valence-corrected chi connectivity index (χ0v) is 11.3. The highest BCUT2D eigenvalue weighted by Gasteiger charge is 2.22. The fourth-order valence-electron chi connectivity index (χ4n) is 1.25. The minimum Gasteiger partial charge on any atom is -0.355 e. The van der Waals surface area contributed by atoms with Crippen LogP contribution in [-0.4, -0.2) is 30.1 Å². The lowest BCUT2D eigenvalue weighted by Gasteiger charge is -2.19. The fourth-order valence-corrected chi connectivity index (χ4v) is 2.19. The Kier molecular flexibility index (Phi) is 6.64. The third-order valence-electron chi connectivity index (χ3n) is 2.21. The van der Waals surface area contributed by atoms with Crippen molar-refractivity contribution < 1.29 is 4.79 Å². The average Bonchev–Trinajstić information content (AvgIpc) is 2.53. The summed E-state index contributed by atoms with van der Waals surface area (Å²) in [5.74, 6) is 1.96. The van der Waals surface area contributed by atoms with E-state index in [-0.39, 0.29) is 24.4 Å². The van der Waals surface area contributed by atoms with E-state index in [9.17, 15) is 4.79 Å². The zero-order chi connectivity index (χ0) is 10.6. The summed E-state index contributed by atoms with van der Waals surface area (Å²) in [5, 5.41) is 6.12. The second-order valence-corrected chi connectivity index (χ2v) is 5.90. The molecule has 0 bridgehead atoms. The van der Waals surface area contributed by atoms with Crippen molar-refractivity contribution in [3.63, 3.8) is 0 Å². The van der Waals surface area contributed by atoms with E-state index in [0.717, 1.165) is 24.6 Å². The topological polar surface area (TPSA) is 41.1 Å². The lowest BCUT2D eigenvalue weighted by molar-refractivity contribution is -0.122. The van der Waals surface area contributed by atoms with Crippen molar-refractivity contribution in [1.29, 1.82) is 0 Å². The highest BCUT2D eigenvalue weighted by atomic mass is 35.5. The third kappa shape index (κ3) is 6.28. The summed E-state index contributed by atoms with van der Waals surface area (Å²) in [5.41, 5.74) is 0.297. The van der Waals surface area contributed by atoms with Gasteiger partial charge in [-0.05, 0) is 11.8 Å². The molecule has 1 aliphatic heterocycles. The van der Waals surface area contributed by atoms with Crippen molar-refractivity contribution in [2.45, 2.75) is 33.2 Å². The zero-order valence-electron chi connectivity index (χ0n) is 9.63. The van der Waals surface area contributed by atoms with Gasteiger partial charge in [-0.1, -0.05) is 20.8 Å². The van der Waals surface area contributed by atoms with Crippen LogP contribution in [0.5, 0.6) is 0 Å². The first kappa shape index (κ1) is 15.1. The van der Waals surface area contributed by atoms with Gasteiger partial charge in [-0.3, -0.25) is 10.1 Å². The normalized spacial score (nSPS) is 20.9. The number of halogens is 1. The van der Waals surface area contributed by atoms with Gasteiger partial charge in [-0.25, -0.2) is 0 Å². The Morgan fingerprint density at radius 1 is 1.53 bits per heavy atom. The number of rotatable bonds is 3. The molecule has 2 N–H and O–H groups in total. The Bertz CT molecular complexity index is 200. The molecule has 1 saturated heterocycles. The number of hydrogen-bond donors (Lipinski definition) is 2. The molecule has 0 spiro atoms. The third-order valence-corrected chi connectivity index (χ3v) is 3.15. The van der Waals surface area contributed by atoms with Gasteiger partial charge in [0, 0.05) is 18.2 Å². The van der Waals surface area contributed by atoms with Gasteiger partial charge >= 0.3 is 0 Å². The summed E-state index contributed by atoms with van der Waals surface area (Å²) in [6, 6.07) is 0.0277. The molecule has 0 unspecified atom stereocenters. The predicted octanol–water partition coefficient (Wildman–Crippen LogP) is 1.62. The van der Waals surface area contributed by atoms with Gasteiger partial charge in [0.05, 0.1) is 6.04 Å². The standard InChI is InChI=1S/C10H20N2OS.ClH/c1-10(2,3)4-5-11-9(13)8-6-14-7-12-8;/h8,12H,4-7H2,1-3H3,(H,11,13);1H/t8-;/m1./s1. The van der Waals surface area contributed by atoms with Crippen LogP contribution in [0.25, 0.3) is 0 Å². The number of carbonyl (C=O) groups is 1. The Morgan fingerprint density at radius 2 is 2.20 bits per heavy atom. The van der Waals surface area contributed by atoms with Crippen molar-refractivity contribution in [1.82, 2.24) is 10.6 Å². The van der Waals surface area contributed by atoms with Gasteiger partial charge in [0.25, 0.3) is 0 Å². The molecule has 1 atom stereocenters. The van der Waals surface area contributed by atoms with Crippen LogP contribution in [0.15, 0.2) is 0 Å². The molecule has 1 amide bonds. The molecule has 3 nitrogen and oxygen atoms in total. The van der Waals surface area contributed by atoms with E-state index in [2.05, 4.69) is 31.4 Å². The van der Waals surface area contributed by atoms with Crippen molar-refractivity contribution in [3.8, 4) is 0 Å². The smallest absolute Gasteiger partial charge is 0.238 e. The summed E-state index contributed by atoms with van der Waals surface area (Å²) in [4.78, 5) is 11.5. The lowest BCUT2D eigenvalue weighted by atomic mass is 9.92. The van der Waals surface area contributed by atoms with E-state index in [1.54, 1.807) is 11.8 Å². The quantitative estimate of drug-likeness (QED) is 0.802. The van der Waals surface area contributed by atoms with Gasteiger partial charge in [0.1, 0.15) is 0 Å². The monoisotopic (exact) mass is 252 g/mol. The minimum absolute atomic E-state index is 0. The molecule has 0 aromatic heterocycles. The van der Waals surface area contributed by atoms with E-state index in [1.807, 2.05) is 0 Å². The van der Waals surface area contributed by atoms with E-state index in [4.69, 9.17) is 0 Å². The van der Waals surface area contributed by atoms with Gasteiger partial charge in [0.2, 0.25) is 5.91 Å². The van der Waals surface area contributed by atoms with Gasteiger partial charge in [-0.15, -0.1) is 24.2 Å². The van der Waals surface area contributed by atoms with E-state index >= 15 is 0 Å². The molecule has 0 saturated carbocycles. The Hall–Kier alpha value is 0.0700. The number of thioether (sulfide) groups is 1. The molecule has 0 aromatic carbocycles. The van der Waals surface area contributed by atoms with Gasteiger partial charge < -0.3 is 5.32 Å². The minimum atomic E-state index is 0. The molecular formula is C10H21ClN2OS. The molecule has 0 radical (unpaired) electrons. The first-order valence-corrected chi connectivity index (χ1v) is 6.23. The first-order valence-electron chi connectivity index (χ1n) is 5.08. The second kappa shape index (κ2) is 6.61. The molecule has 1 fully saturated rings. The van der Waals surface area contributed by atoms with Gasteiger partial charge in [-0.2, -0.15) is 0 Å². The summed E-state index contributed by atoms with van der Waals surface area (Å²) in [6.07, 6.45) is 1.03. The maximum absolute atomic E-state index is 11.5. The summed E-state index contributed by atoms with van der Waals surface area (Å²) >= 11 is 1.78. The van der Waals surface area contributed by atoms with Crippen LogP contribution in [0.1, 0.15) is 27.2 Å². The summed E-state index contributed by atoms with van der Waals surface area (Å²) in [6.45, 7) is 7.33. The molecular weight excluding hydrogens is 232 g/mol. The molecule has 1 aliphatic rings. The van der Waals surface area contributed by atoms with E-state index < -0.39 is 0 Å². The second-order valence-electron chi connectivity index (χ2n) is 4.87. The molecule has 1 heterocycles. The van der Waals surface area contributed by atoms with E-state index in [0.29, 0.717) is 5.41 Å². The molecule has 0 aromatic rings. The molecule has 0 aliphatic carbocycles. The number of nitrogens with one attached hydrogen (secondary N) is 2. The first-order chi connectivity index (χ1) is 6.49. The van der Waals surface area contributed by atoms with Crippen molar-refractivity contribution >= 4 is 30.1 Å². The maximum Gasteiger partial charge on any atom is 0.238 e. The van der Waals surface area contributed by atoms with Crippen molar-refractivity contribution in [2.24, 2.45) is 5.41 Å². The highest BCUT2D eigenvalue weighted by Crippen LogP contribution is 2.17. The van der Waals surface area contributed by atoms with Crippen LogP contribution in [0.2, 0.25) is 0 Å². The maximum atomic E-state index is 11.5. The molecule has 15 heavy (non-hydrogen) atoms. The Morgan fingerprint density at radius 3 is 2.67 bits per heavy atom. The summed E-state index contributed by atoms with van der Waals surface area (Å²) < 4.78 is 0. The van der Waals surface area contributed by atoms with Crippen LogP contribution in [0.4, 0.5) is 0 Å². The van der Waals surface area contributed by atoms with Gasteiger partial charge in [0.15, 0.2) is 0 Å². The van der Waals surface area contributed by atoms with E-state index in [1.165, 1.54) is 0 Å². The van der Waals surface area contributed by atoms with Crippen molar-refractivity contribution in [2.75, 3.05) is 18.2 Å². The van der Waals surface area contributed by atoms with Crippen LogP contribution < -0.4 is 10.6 Å². The Labute approximate surface area is 103 Å². The molecule has 5 heteroatoms. The number of hydrogen-bond acceptors (Lipinski definition) is 3. The molecule has 90 valence electrons. The SMILES string of the molecule is CC(C)(C)CCNC(=O)[C@H]1CSCN1.Cl.